The van der Waals surface area contributed by atoms with Crippen molar-refractivity contribution in [1.29, 1.82) is 0 Å². The highest BCUT2D eigenvalue weighted by molar-refractivity contribution is 6.24. The molecule has 0 bridgehead atoms. The van der Waals surface area contributed by atoms with Gasteiger partial charge in [0, 0.05) is 38.4 Å². The van der Waals surface area contributed by atoms with Gasteiger partial charge in [-0.1, -0.05) is 212 Å². The number of fused-ring (bicyclic) bond motifs is 9. The van der Waals surface area contributed by atoms with E-state index in [0.29, 0.717) is 17.5 Å². The van der Waals surface area contributed by atoms with Gasteiger partial charge >= 0.3 is 0 Å². The van der Waals surface area contributed by atoms with Crippen LogP contribution in [-0.4, -0.2) is 19.5 Å². The van der Waals surface area contributed by atoms with Gasteiger partial charge in [-0.05, 0) is 95.5 Å². The molecule has 0 aliphatic rings. The highest BCUT2D eigenvalue weighted by Gasteiger charge is 2.25. The third-order valence-corrected chi connectivity index (χ3v) is 14.0. The third kappa shape index (κ3) is 6.34. The maximum Gasteiger partial charge on any atom is 0.164 e. The van der Waals surface area contributed by atoms with Crippen molar-refractivity contribution in [2.24, 2.45) is 0 Å². The molecular formula is C65H40N4. The molecule has 12 aromatic carbocycles. The largest absolute Gasteiger partial charge is 0.308 e. The summed E-state index contributed by atoms with van der Waals surface area (Å²) in [6, 6.07) is 87.3. The van der Waals surface area contributed by atoms with E-state index in [9.17, 15) is 0 Å². The van der Waals surface area contributed by atoms with Crippen molar-refractivity contribution in [2.75, 3.05) is 0 Å². The summed E-state index contributed by atoms with van der Waals surface area (Å²) in [6.07, 6.45) is 0. The minimum atomic E-state index is 0.608. The van der Waals surface area contributed by atoms with Crippen LogP contribution >= 0.6 is 0 Å². The summed E-state index contributed by atoms with van der Waals surface area (Å²) in [5, 5.41) is 13.9. The lowest BCUT2D eigenvalue weighted by Gasteiger charge is -2.21. The van der Waals surface area contributed by atoms with Crippen molar-refractivity contribution in [1.82, 2.24) is 19.5 Å². The Kier molecular flexibility index (Phi) is 8.86. The Morgan fingerprint density at radius 2 is 0.754 bits per heavy atom. The lowest BCUT2D eigenvalue weighted by Crippen LogP contribution is -2.04. The van der Waals surface area contributed by atoms with Crippen LogP contribution in [0.5, 0.6) is 0 Å². The Bertz CT molecular complexity index is 4250. The molecule has 0 saturated heterocycles. The molecule has 2 heterocycles. The summed E-state index contributed by atoms with van der Waals surface area (Å²) in [4.78, 5) is 16.4. The van der Waals surface area contributed by atoms with Gasteiger partial charge in [0.1, 0.15) is 0 Å². The van der Waals surface area contributed by atoms with Crippen molar-refractivity contribution in [3.63, 3.8) is 0 Å². The van der Waals surface area contributed by atoms with Crippen LogP contribution < -0.4 is 0 Å². The highest BCUT2D eigenvalue weighted by atomic mass is 15.0. The van der Waals surface area contributed by atoms with Gasteiger partial charge in [-0.2, -0.15) is 0 Å². The van der Waals surface area contributed by atoms with Crippen LogP contribution in [0.3, 0.4) is 0 Å². The van der Waals surface area contributed by atoms with Gasteiger partial charge < -0.3 is 4.57 Å². The van der Waals surface area contributed by atoms with Crippen LogP contribution in [-0.2, 0) is 0 Å². The highest BCUT2D eigenvalue weighted by Crippen LogP contribution is 2.47. The number of aromatic nitrogens is 4. The maximum atomic E-state index is 5.53. The van der Waals surface area contributed by atoms with E-state index < -0.39 is 0 Å². The second-order valence-electron chi connectivity index (χ2n) is 17.9. The van der Waals surface area contributed by atoms with Crippen LogP contribution in [0.25, 0.3) is 138 Å². The normalized spacial score (nSPS) is 11.8. The Hall–Kier alpha value is -9.25. The molecule has 0 amide bonds. The number of hydrogen-bond acceptors (Lipinski definition) is 3. The summed E-state index contributed by atoms with van der Waals surface area (Å²) in [7, 11) is 0. The summed E-state index contributed by atoms with van der Waals surface area (Å²) >= 11 is 0. The minimum Gasteiger partial charge on any atom is -0.308 e. The number of rotatable bonds is 6. The minimum absolute atomic E-state index is 0.608. The number of hydrogen-bond donors (Lipinski definition) is 0. The second kappa shape index (κ2) is 15.7. The topological polar surface area (TPSA) is 43.6 Å². The van der Waals surface area contributed by atoms with E-state index in [0.717, 1.165) is 88.0 Å². The molecule has 14 rings (SSSR count). The van der Waals surface area contributed by atoms with Crippen molar-refractivity contribution >= 4 is 75.7 Å². The van der Waals surface area contributed by atoms with Crippen LogP contribution in [0.15, 0.2) is 243 Å². The Morgan fingerprint density at radius 1 is 0.246 bits per heavy atom. The zero-order chi connectivity index (χ0) is 45.4. The van der Waals surface area contributed by atoms with Gasteiger partial charge in [-0.3, -0.25) is 0 Å². The fraction of sp³-hybridized carbons (Fsp3) is 0. The van der Waals surface area contributed by atoms with E-state index in [1.54, 1.807) is 0 Å². The molecule has 0 spiro atoms. The fourth-order valence-electron chi connectivity index (χ4n) is 10.8. The van der Waals surface area contributed by atoms with E-state index in [2.05, 4.69) is 247 Å². The average Bonchev–Trinajstić information content (AvgIpc) is 3.74. The zero-order valence-corrected chi connectivity index (χ0v) is 37.4. The molecule has 69 heavy (non-hydrogen) atoms. The van der Waals surface area contributed by atoms with Gasteiger partial charge in [0.2, 0.25) is 0 Å². The van der Waals surface area contributed by atoms with Crippen molar-refractivity contribution in [3.8, 4) is 62.1 Å². The molecule has 2 aromatic heterocycles. The van der Waals surface area contributed by atoms with E-state index >= 15 is 0 Å². The Labute approximate surface area is 398 Å². The second-order valence-corrected chi connectivity index (χ2v) is 17.9. The molecule has 0 aliphatic heterocycles. The predicted octanol–water partition coefficient (Wildman–Crippen LogP) is 17.1. The molecule has 0 N–H and O–H groups in total. The first kappa shape index (κ1) is 39.0. The molecule has 0 unspecified atom stereocenters. The summed E-state index contributed by atoms with van der Waals surface area (Å²) in [5.41, 5.74) is 10.7. The molecular weight excluding hydrogens is 837 g/mol. The predicted molar refractivity (Wildman–Crippen MR) is 289 cm³/mol. The van der Waals surface area contributed by atoms with Gasteiger partial charge in [0.25, 0.3) is 0 Å². The van der Waals surface area contributed by atoms with Gasteiger partial charge in [0.15, 0.2) is 17.5 Å². The van der Waals surface area contributed by atoms with Gasteiger partial charge in [-0.25, -0.2) is 15.0 Å². The molecule has 0 radical (unpaired) electrons. The van der Waals surface area contributed by atoms with Crippen LogP contribution in [0.2, 0.25) is 0 Å². The van der Waals surface area contributed by atoms with Crippen molar-refractivity contribution < 1.29 is 0 Å². The molecule has 0 saturated carbocycles. The summed E-state index contributed by atoms with van der Waals surface area (Å²) in [5.74, 6) is 1.86. The summed E-state index contributed by atoms with van der Waals surface area (Å²) in [6.45, 7) is 0. The standard InChI is InChI=1S/C65H40N4/c1-3-17-41(18-4-1)48-33-35-52-56(37-48)62(69-59-36-34-45-23-11-14-30-51(45)61(59)58-38-46-24-7-8-25-47(46)39-60(58)69)55(44-19-5-2-6-20-44)40-57(52)65-67-63(53-31-15-26-42-21-9-12-28-49(42)53)66-64(68-65)54-32-16-27-43-22-10-13-29-50(43)54/h1-40H. The average molecular weight is 877 g/mol. The van der Waals surface area contributed by atoms with E-state index in [1.165, 1.54) is 32.3 Å². The van der Waals surface area contributed by atoms with Crippen LogP contribution in [0.4, 0.5) is 0 Å². The molecule has 320 valence electrons. The molecule has 0 atom stereocenters. The lowest BCUT2D eigenvalue weighted by molar-refractivity contribution is 1.08. The first-order valence-corrected chi connectivity index (χ1v) is 23.5. The Balaban J connectivity index is 1.15. The monoisotopic (exact) mass is 876 g/mol. The molecule has 0 aliphatic carbocycles. The first-order chi connectivity index (χ1) is 34.2. The van der Waals surface area contributed by atoms with E-state index in [4.69, 9.17) is 15.0 Å². The van der Waals surface area contributed by atoms with Crippen molar-refractivity contribution in [2.45, 2.75) is 0 Å². The molecule has 14 aromatic rings. The molecule has 4 nitrogen and oxygen atoms in total. The smallest absolute Gasteiger partial charge is 0.164 e. The number of nitrogens with zero attached hydrogens (tertiary/aromatic N) is 4. The lowest BCUT2D eigenvalue weighted by atomic mass is 9.91. The fourth-order valence-corrected chi connectivity index (χ4v) is 10.8. The van der Waals surface area contributed by atoms with E-state index in [-0.39, 0.29) is 0 Å². The SMILES string of the molecule is c1ccc(-c2ccc3c(-c4nc(-c5cccc6ccccc56)nc(-c5cccc6ccccc56)n4)cc(-c4ccccc4)c(-n4c5cc6ccccc6cc5c5c6ccccc6ccc54)c3c2)cc1. The van der Waals surface area contributed by atoms with E-state index in [1.807, 2.05) is 0 Å². The van der Waals surface area contributed by atoms with Crippen LogP contribution in [0, 0.1) is 0 Å². The maximum absolute atomic E-state index is 5.53. The third-order valence-electron chi connectivity index (χ3n) is 14.0. The van der Waals surface area contributed by atoms with Gasteiger partial charge in [0.05, 0.1) is 16.7 Å². The molecule has 4 heteroatoms. The van der Waals surface area contributed by atoms with Crippen molar-refractivity contribution in [3.05, 3.63) is 243 Å². The first-order valence-electron chi connectivity index (χ1n) is 23.5. The van der Waals surface area contributed by atoms with Crippen LogP contribution in [0.1, 0.15) is 0 Å². The Morgan fingerprint density at radius 3 is 1.39 bits per heavy atom. The number of benzene rings is 12. The van der Waals surface area contributed by atoms with Gasteiger partial charge in [-0.15, -0.1) is 0 Å². The quantitative estimate of drug-likeness (QED) is 0.167. The molecule has 0 fully saturated rings. The zero-order valence-electron chi connectivity index (χ0n) is 37.4. The summed E-state index contributed by atoms with van der Waals surface area (Å²) < 4.78 is 2.53.